The van der Waals surface area contributed by atoms with Crippen molar-refractivity contribution in [2.24, 2.45) is 5.92 Å². The van der Waals surface area contributed by atoms with E-state index in [1.165, 1.54) is 64.8 Å². The van der Waals surface area contributed by atoms with Crippen molar-refractivity contribution in [1.29, 1.82) is 0 Å². The number of carbonyl (C=O) groups is 1. The summed E-state index contributed by atoms with van der Waals surface area (Å²) in [6, 6.07) is 0. The lowest BCUT2D eigenvalue weighted by Crippen LogP contribution is -2.46. The van der Waals surface area contributed by atoms with Crippen LogP contribution in [0.1, 0.15) is 58.3 Å². The quantitative estimate of drug-likeness (QED) is 0.700. The maximum Gasteiger partial charge on any atom is 0.220 e. The largest absolute Gasteiger partial charge is 0.356 e. The number of carbonyl (C=O) groups excluding carboxylic acids is 1. The first kappa shape index (κ1) is 17.7. The van der Waals surface area contributed by atoms with Crippen LogP contribution < -0.4 is 5.32 Å². The number of likely N-dealkylation sites (N-methyl/N-ethyl adjacent to an activating group) is 1. The zero-order chi connectivity index (χ0) is 15.6. The van der Waals surface area contributed by atoms with Crippen LogP contribution in [0.2, 0.25) is 0 Å². The molecule has 128 valence electrons. The molecular weight excluding hydrogens is 274 g/mol. The van der Waals surface area contributed by atoms with Crippen molar-refractivity contribution in [3.63, 3.8) is 0 Å². The van der Waals surface area contributed by atoms with Crippen molar-refractivity contribution in [1.82, 2.24) is 15.1 Å². The number of piperazine rings is 1. The van der Waals surface area contributed by atoms with Crippen LogP contribution in [-0.2, 0) is 4.79 Å². The van der Waals surface area contributed by atoms with Gasteiger partial charge in [0.05, 0.1) is 0 Å². The summed E-state index contributed by atoms with van der Waals surface area (Å²) in [5, 5.41) is 3.11. The van der Waals surface area contributed by atoms with Gasteiger partial charge in [0.1, 0.15) is 0 Å². The Labute approximate surface area is 136 Å². The Morgan fingerprint density at radius 1 is 1.05 bits per heavy atom. The molecule has 4 heteroatoms. The number of nitrogens with one attached hydrogen (secondary N) is 1. The predicted octanol–water partition coefficient (Wildman–Crippen LogP) is 2.49. The molecule has 1 N–H and O–H groups in total. The van der Waals surface area contributed by atoms with Crippen molar-refractivity contribution in [2.75, 3.05) is 45.8 Å². The Balaban J connectivity index is 1.45. The van der Waals surface area contributed by atoms with Gasteiger partial charge in [-0.15, -0.1) is 0 Å². The van der Waals surface area contributed by atoms with Crippen molar-refractivity contribution in [3.8, 4) is 0 Å². The summed E-state index contributed by atoms with van der Waals surface area (Å²) in [6.07, 6.45) is 9.75. The fourth-order valence-corrected chi connectivity index (χ4v) is 3.76. The Kier molecular flexibility index (Phi) is 8.24. The SMILES string of the molecule is CCN1CCN(CCCNC(=O)CCC2CCCCC2)CC1. The first-order valence-electron chi connectivity index (χ1n) is 9.49. The highest BCUT2D eigenvalue weighted by molar-refractivity contribution is 5.75. The summed E-state index contributed by atoms with van der Waals surface area (Å²) in [5.41, 5.74) is 0. The van der Waals surface area contributed by atoms with Crippen LogP contribution in [0.15, 0.2) is 0 Å². The summed E-state index contributed by atoms with van der Waals surface area (Å²) < 4.78 is 0. The Morgan fingerprint density at radius 2 is 1.73 bits per heavy atom. The second-order valence-corrected chi connectivity index (χ2v) is 7.02. The van der Waals surface area contributed by atoms with E-state index in [9.17, 15) is 4.79 Å². The van der Waals surface area contributed by atoms with Crippen LogP contribution in [0.3, 0.4) is 0 Å². The summed E-state index contributed by atoms with van der Waals surface area (Å²) in [4.78, 5) is 16.9. The first-order chi connectivity index (χ1) is 10.8. The monoisotopic (exact) mass is 309 g/mol. The van der Waals surface area contributed by atoms with E-state index in [0.29, 0.717) is 0 Å². The maximum atomic E-state index is 11.9. The summed E-state index contributed by atoms with van der Waals surface area (Å²) in [6.45, 7) is 10.1. The van der Waals surface area contributed by atoms with Gasteiger partial charge in [0.25, 0.3) is 0 Å². The normalized spacial score (nSPS) is 21.9. The van der Waals surface area contributed by atoms with E-state index in [1.54, 1.807) is 0 Å². The van der Waals surface area contributed by atoms with Gasteiger partial charge in [0.2, 0.25) is 5.91 Å². The molecule has 0 radical (unpaired) electrons. The molecule has 1 aliphatic carbocycles. The highest BCUT2D eigenvalue weighted by Crippen LogP contribution is 2.27. The van der Waals surface area contributed by atoms with Crippen LogP contribution in [0.5, 0.6) is 0 Å². The summed E-state index contributed by atoms with van der Waals surface area (Å²) >= 11 is 0. The highest BCUT2D eigenvalue weighted by atomic mass is 16.1. The van der Waals surface area contributed by atoms with Crippen LogP contribution in [-0.4, -0.2) is 61.5 Å². The molecule has 22 heavy (non-hydrogen) atoms. The van der Waals surface area contributed by atoms with Crippen LogP contribution in [0.25, 0.3) is 0 Å². The van der Waals surface area contributed by atoms with Gasteiger partial charge in [-0.1, -0.05) is 39.0 Å². The van der Waals surface area contributed by atoms with E-state index in [2.05, 4.69) is 22.0 Å². The van der Waals surface area contributed by atoms with Crippen molar-refractivity contribution in [2.45, 2.75) is 58.3 Å². The second kappa shape index (κ2) is 10.2. The van der Waals surface area contributed by atoms with Gasteiger partial charge < -0.3 is 15.1 Å². The Hall–Kier alpha value is -0.610. The number of hydrogen-bond acceptors (Lipinski definition) is 3. The van der Waals surface area contributed by atoms with Gasteiger partial charge in [-0.2, -0.15) is 0 Å². The lowest BCUT2D eigenvalue weighted by molar-refractivity contribution is -0.121. The molecule has 1 heterocycles. The van der Waals surface area contributed by atoms with Crippen molar-refractivity contribution >= 4 is 5.91 Å². The molecule has 0 unspecified atom stereocenters. The zero-order valence-corrected chi connectivity index (χ0v) is 14.5. The molecule has 0 bridgehead atoms. The third-order valence-corrected chi connectivity index (χ3v) is 5.39. The molecule has 2 rings (SSSR count). The molecule has 0 atom stereocenters. The number of nitrogens with zero attached hydrogens (tertiary/aromatic N) is 2. The predicted molar refractivity (Wildman–Crippen MR) is 92.0 cm³/mol. The van der Waals surface area contributed by atoms with Crippen LogP contribution in [0, 0.1) is 5.92 Å². The number of amides is 1. The fraction of sp³-hybridized carbons (Fsp3) is 0.944. The minimum absolute atomic E-state index is 0.265. The summed E-state index contributed by atoms with van der Waals surface area (Å²) in [5.74, 6) is 1.08. The molecule has 2 aliphatic rings. The molecular formula is C18H35N3O. The highest BCUT2D eigenvalue weighted by Gasteiger charge is 2.16. The van der Waals surface area contributed by atoms with Gasteiger partial charge in [-0.3, -0.25) is 4.79 Å². The standard InChI is InChI=1S/C18H35N3O/c1-2-20-13-15-21(16-14-20)12-6-11-19-18(22)10-9-17-7-4-3-5-8-17/h17H,2-16H2,1H3,(H,19,22). The minimum atomic E-state index is 0.265. The van der Waals surface area contributed by atoms with Gasteiger partial charge in [0, 0.05) is 39.1 Å². The van der Waals surface area contributed by atoms with Gasteiger partial charge in [-0.05, 0) is 31.8 Å². The zero-order valence-electron chi connectivity index (χ0n) is 14.5. The molecule has 1 amide bonds. The van der Waals surface area contributed by atoms with E-state index in [-0.39, 0.29) is 5.91 Å². The molecule has 0 aromatic rings. The topological polar surface area (TPSA) is 35.6 Å². The molecule has 2 fully saturated rings. The smallest absolute Gasteiger partial charge is 0.220 e. The molecule has 0 aromatic carbocycles. The Morgan fingerprint density at radius 3 is 2.41 bits per heavy atom. The number of hydrogen-bond donors (Lipinski definition) is 1. The average molecular weight is 309 g/mol. The van der Waals surface area contributed by atoms with Crippen molar-refractivity contribution in [3.05, 3.63) is 0 Å². The molecule has 0 aromatic heterocycles. The van der Waals surface area contributed by atoms with E-state index < -0.39 is 0 Å². The third-order valence-electron chi connectivity index (χ3n) is 5.39. The third kappa shape index (κ3) is 6.66. The Bertz CT molecular complexity index is 307. The van der Waals surface area contributed by atoms with E-state index in [1.807, 2.05) is 0 Å². The molecule has 1 saturated heterocycles. The van der Waals surface area contributed by atoms with Crippen LogP contribution in [0.4, 0.5) is 0 Å². The van der Waals surface area contributed by atoms with E-state index in [0.717, 1.165) is 38.3 Å². The fourth-order valence-electron chi connectivity index (χ4n) is 3.76. The second-order valence-electron chi connectivity index (χ2n) is 7.02. The van der Waals surface area contributed by atoms with Gasteiger partial charge >= 0.3 is 0 Å². The van der Waals surface area contributed by atoms with Gasteiger partial charge in [0.15, 0.2) is 0 Å². The number of rotatable bonds is 8. The lowest BCUT2D eigenvalue weighted by atomic mass is 9.86. The van der Waals surface area contributed by atoms with Crippen LogP contribution >= 0.6 is 0 Å². The molecule has 4 nitrogen and oxygen atoms in total. The average Bonchev–Trinajstić information content (AvgIpc) is 2.58. The van der Waals surface area contributed by atoms with E-state index >= 15 is 0 Å². The summed E-state index contributed by atoms with van der Waals surface area (Å²) in [7, 11) is 0. The lowest BCUT2D eigenvalue weighted by Gasteiger charge is -2.33. The van der Waals surface area contributed by atoms with Gasteiger partial charge in [-0.25, -0.2) is 0 Å². The first-order valence-corrected chi connectivity index (χ1v) is 9.49. The minimum Gasteiger partial charge on any atom is -0.356 e. The molecule has 1 aliphatic heterocycles. The van der Waals surface area contributed by atoms with E-state index in [4.69, 9.17) is 0 Å². The maximum absolute atomic E-state index is 11.9. The van der Waals surface area contributed by atoms with Crippen molar-refractivity contribution < 1.29 is 4.79 Å². The molecule has 1 saturated carbocycles. The molecule has 0 spiro atoms.